The fraction of sp³-hybridized carbons (Fsp3) is 0.462. The summed E-state index contributed by atoms with van der Waals surface area (Å²) < 4.78 is 5.46. The molecule has 5 heteroatoms. The first kappa shape index (κ1) is 12.7. The van der Waals surface area contributed by atoms with Crippen LogP contribution < -0.4 is 0 Å². The Morgan fingerprint density at radius 2 is 2.28 bits per heavy atom. The first-order valence-corrected chi connectivity index (χ1v) is 5.97. The van der Waals surface area contributed by atoms with Gasteiger partial charge in [-0.2, -0.15) is 0 Å². The van der Waals surface area contributed by atoms with Crippen molar-refractivity contribution in [1.29, 1.82) is 0 Å². The fourth-order valence-corrected chi connectivity index (χ4v) is 2.08. The Balaban J connectivity index is 2.07. The van der Waals surface area contributed by atoms with Crippen molar-refractivity contribution in [2.24, 2.45) is 0 Å². The van der Waals surface area contributed by atoms with Gasteiger partial charge in [0.15, 0.2) is 0 Å². The summed E-state index contributed by atoms with van der Waals surface area (Å²) in [5.41, 5.74) is 0.107. The summed E-state index contributed by atoms with van der Waals surface area (Å²) in [5.74, 6) is -0.488. The van der Waals surface area contributed by atoms with E-state index in [0.29, 0.717) is 6.54 Å². The van der Waals surface area contributed by atoms with Crippen LogP contribution in [0.3, 0.4) is 0 Å². The third-order valence-corrected chi connectivity index (χ3v) is 3.06. The van der Waals surface area contributed by atoms with Crippen molar-refractivity contribution in [3.8, 4) is 11.5 Å². The number of carbonyl (C=O) groups is 1. The highest BCUT2D eigenvalue weighted by Crippen LogP contribution is 2.23. The number of phenolic OH excluding ortho intramolecular Hbond substituents is 2. The SMILES string of the molecule is CN(CC1CCCO1)C(=O)c1cc(O)ccc1O. The zero-order valence-electron chi connectivity index (χ0n) is 10.3. The Bertz CT molecular complexity index is 441. The minimum Gasteiger partial charge on any atom is -0.508 e. The number of aromatic hydroxyl groups is 2. The van der Waals surface area contributed by atoms with Crippen LogP contribution in [0.5, 0.6) is 11.5 Å². The summed E-state index contributed by atoms with van der Waals surface area (Å²) in [6.07, 6.45) is 2.03. The van der Waals surface area contributed by atoms with E-state index < -0.39 is 0 Å². The van der Waals surface area contributed by atoms with Crippen molar-refractivity contribution in [3.63, 3.8) is 0 Å². The van der Waals surface area contributed by atoms with Crippen LogP contribution in [0.15, 0.2) is 18.2 Å². The minimum absolute atomic E-state index is 0.0401. The van der Waals surface area contributed by atoms with Crippen LogP contribution in [0.1, 0.15) is 23.2 Å². The molecule has 2 rings (SSSR count). The average molecular weight is 251 g/mol. The topological polar surface area (TPSA) is 70.0 Å². The molecule has 1 saturated heterocycles. The number of carbonyl (C=O) groups excluding carboxylic acids is 1. The normalized spacial score (nSPS) is 18.8. The molecule has 98 valence electrons. The Morgan fingerprint density at radius 1 is 1.50 bits per heavy atom. The van der Waals surface area contributed by atoms with Crippen molar-refractivity contribution in [2.75, 3.05) is 20.2 Å². The lowest BCUT2D eigenvalue weighted by molar-refractivity contribution is 0.0584. The highest BCUT2D eigenvalue weighted by atomic mass is 16.5. The van der Waals surface area contributed by atoms with Gasteiger partial charge in [-0.3, -0.25) is 4.79 Å². The molecule has 1 unspecified atom stereocenters. The van der Waals surface area contributed by atoms with E-state index >= 15 is 0 Å². The number of ether oxygens (including phenoxy) is 1. The molecule has 1 aromatic carbocycles. The number of amides is 1. The number of nitrogens with zero attached hydrogens (tertiary/aromatic N) is 1. The standard InChI is InChI=1S/C13H17NO4/c1-14(8-10-3-2-6-18-10)13(17)11-7-9(15)4-5-12(11)16/h4-5,7,10,15-16H,2-3,6,8H2,1H3. The fourth-order valence-electron chi connectivity index (χ4n) is 2.08. The van der Waals surface area contributed by atoms with Gasteiger partial charge in [-0.05, 0) is 31.0 Å². The van der Waals surface area contributed by atoms with E-state index in [0.717, 1.165) is 19.4 Å². The molecule has 1 aliphatic rings. The maximum absolute atomic E-state index is 12.1. The van der Waals surface area contributed by atoms with Gasteiger partial charge < -0.3 is 19.8 Å². The molecule has 1 aliphatic heterocycles. The van der Waals surface area contributed by atoms with E-state index in [2.05, 4.69) is 0 Å². The van der Waals surface area contributed by atoms with E-state index in [1.807, 2.05) is 0 Å². The molecule has 0 aromatic heterocycles. The van der Waals surface area contributed by atoms with Crippen molar-refractivity contribution in [3.05, 3.63) is 23.8 Å². The van der Waals surface area contributed by atoms with Crippen molar-refractivity contribution in [1.82, 2.24) is 4.90 Å². The number of rotatable bonds is 3. The van der Waals surface area contributed by atoms with E-state index in [4.69, 9.17) is 4.74 Å². The van der Waals surface area contributed by atoms with Gasteiger partial charge in [-0.15, -0.1) is 0 Å². The van der Waals surface area contributed by atoms with Crippen LogP contribution in [0.4, 0.5) is 0 Å². The van der Waals surface area contributed by atoms with Crippen LogP contribution >= 0.6 is 0 Å². The molecule has 1 amide bonds. The Hall–Kier alpha value is -1.75. The lowest BCUT2D eigenvalue weighted by Crippen LogP contribution is -2.34. The average Bonchev–Trinajstić information content (AvgIpc) is 2.84. The summed E-state index contributed by atoms with van der Waals surface area (Å²) in [7, 11) is 1.66. The smallest absolute Gasteiger partial charge is 0.257 e. The monoisotopic (exact) mass is 251 g/mol. The quantitative estimate of drug-likeness (QED) is 0.795. The Morgan fingerprint density at radius 3 is 2.94 bits per heavy atom. The molecule has 2 N–H and O–H groups in total. The van der Waals surface area contributed by atoms with Crippen molar-refractivity contribution >= 4 is 5.91 Å². The molecular weight excluding hydrogens is 234 g/mol. The summed E-state index contributed by atoms with van der Waals surface area (Å²) in [4.78, 5) is 13.6. The highest BCUT2D eigenvalue weighted by Gasteiger charge is 2.22. The molecule has 1 fully saturated rings. The first-order chi connectivity index (χ1) is 8.58. The van der Waals surface area contributed by atoms with Gasteiger partial charge in [0.2, 0.25) is 0 Å². The van der Waals surface area contributed by atoms with E-state index in [-0.39, 0.29) is 29.1 Å². The van der Waals surface area contributed by atoms with Crippen LogP contribution in [-0.4, -0.2) is 47.3 Å². The molecular formula is C13H17NO4. The second kappa shape index (κ2) is 5.27. The number of likely N-dealkylation sites (N-methyl/N-ethyl adjacent to an activating group) is 1. The summed E-state index contributed by atoms with van der Waals surface area (Å²) in [6, 6.07) is 3.92. The summed E-state index contributed by atoms with van der Waals surface area (Å²) in [6.45, 7) is 1.23. The van der Waals surface area contributed by atoms with Gasteiger partial charge in [0.25, 0.3) is 5.91 Å². The zero-order chi connectivity index (χ0) is 13.1. The molecule has 1 heterocycles. The highest BCUT2D eigenvalue weighted by molar-refractivity contribution is 5.97. The van der Waals surface area contributed by atoms with Gasteiger partial charge in [0, 0.05) is 20.2 Å². The van der Waals surface area contributed by atoms with Crippen LogP contribution in [-0.2, 0) is 4.74 Å². The number of phenols is 2. The molecule has 1 aromatic rings. The lowest BCUT2D eigenvalue weighted by Gasteiger charge is -2.21. The second-order valence-electron chi connectivity index (χ2n) is 4.52. The largest absolute Gasteiger partial charge is 0.508 e. The number of benzene rings is 1. The van der Waals surface area contributed by atoms with Crippen LogP contribution in [0.25, 0.3) is 0 Å². The third-order valence-electron chi connectivity index (χ3n) is 3.06. The maximum Gasteiger partial charge on any atom is 0.257 e. The molecule has 0 saturated carbocycles. The van der Waals surface area contributed by atoms with Gasteiger partial charge in [0.05, 0.1) is 11.7 Å². The predicted molar refractivity (Wildman–Crippen MR) is 65.7 cm³/mol. The van der Waals surface area contributed by atoms with Crippen molar-refractivity contribution in [2.45, 2.75) is 18.9 Å². The first-order valence-electron chi connectivity index (χ1n) is 5.97. The summed E-state index contributed by atoms with van der Waals surface area (Å²) in [5, 5.41) is 19.0. The lowest BCUT2D eigenvalue weighted by atomic mass is 10.1. The molecule has 18 heavy (non-hydrogen) atoms. The molecule has 0 aliphatic carbocycles. The zero-order valence-corrected chi connectivity index (χ0v) is 10.3. The Labute approximate surface area is 106 Å². The number of hydrogen-bond acceptors (Lipinski definition) is 4. The van der Waals surface area contributed by atoms with Gasteiger partial charge in [-0.1, -0.05) is 0 Å². The molecule has 1 atom stereocenters. The van der Waals surface area contributed by atoms with Crippen LogP contribution in [0.2, 0.25) is 0 Å². The predicted octanol–water partition coefficient (Wildman–Crippen LogP) is 1.35. The van der Waals surface area contributed by atoms with E-state index in [1.54, 1.807) is 7.05 Å². The maximum atomic E-state index is 12.1. The molecule has 0 spiro atoms. The molecule has 0 bridgehead atoms. The van der Waals surface area contributed by atoms with E-state index in [1.165, 1.54) is 23.1 Å². The molecule has 5 nitrogen and oxygen atoms in total. The van der Waals surface area contributed by atoms with Crippen LogP contribution in [0, 0.1) is 0 Å². The molecule has 0 radical (unpaired) electrons. The van der Waals surface area contributed by atoms with E-state index in [9.17, 15) is 15.0 Å². The van der Waals surface area contributed by atoms with Gasteiger partial charge in [0.1, 0.15) is 11.5 Å². The second-order valence-corrected chi connectivity index (χ2v) is 4.52. The third kappa shape index (κ3) is 2.73. The van der Waals surface area contributed by atoms with Crippen molar-refractivity contribution < 1.29 is 19.7 Å². The Kier molecular flexibility index (Phi) is 3.72. The minimum atomic E-state index is -0.320. The summed E-state index contributed by atoms with van der Waals surface area (Å²) >= 11 is 0. The van der Waals surface area contributed by atoms with Gasteiger partial charge >= 0.3 is 0 Å². The van der Waals surface area contributed by atoms with Gasteiger partial charge in [-0.25, -0.2) is 0 Å². The number of hydrogen-bond donors (Lipinski definition) is 2.